The van der Waals surface area contributed by atoms with Crippen LogP contribution in [0.2, 0.25) is 0 Å². The molecule has 0 aliphatic carbocycles. The lowest BCUT2D eigenvalue weighted by Crippen LogP contribution is -2.46. The van der Waals surface area contributed by atoms with Crippen molar-refractivity contribution >= 4 is 0 Å². The summed E-state index contributed by atoms with van der Waals surface area (Å²) < 4.78 is 11.1. The first kappa shape index (κ1) is 14.0. The lowest BCUT2D eigenvalue weighted by atomic mass is 9.92. The van der Waals surface area contributed by atoms with Crippen LogP contribution in [-0.2, 0) is 15.0 Å². The standard InChI is InChI=1S/C15H20N2O2/c1-2-17-15(11-16,13-6-4-3-5-7-13)12-19-14-8-9-18-10-14/h3-7,14,17H,2,8-10,12H2,1H3. The number of likely N-dealkylation sites (N-methyl/N-ethyl adjacent to an activating group) is 1. The first-order valence-corrected chi connectivity index (χ1v) is 6.72. The third-order valence-electron chi connectivity index (χ3n) is 3.36. The van der Waals surface area contributed by atoms with Crippen LogP contribution in [0.25, 0.3) is 0 Å². The Morgan fingerprint density at radius 3 is 2.84 bits per heavy atom. The molecule has 1 aliphatic heterocycles. The molecule has 1 heterocycles. The van der Waals surface area contributed by atoms with E-state index in [1.807, 2.05) is 37.3 Å². The van der Waals surface area contributed by atoms with Gasteiger partial charge in [0.05, 0.1) is 25.4 Å². The highest BCUT2D eigenvalue weighted by Gasteiger charge is 2.33. The van der Waals surface area contributed by atoms with E-state index in [-0.39, 0.29) is 6.10 Å². The first-order valence-electron chi connectivity index (χ1n) is 6.72. The SMILES string of the molecule is CCNC(C#N)(COC1CCOC1)c1ccccc1. The normalized spacial score (nSPS) is 21.8. The molecule has 1 saturated heterocycles. The van der Waals surface area contributed by atoms with Gasteiger partial charge in [0.15, 0.2) is 5.54 Å². The van der Waals surface area contributed by atoms with Crippen LogP contribution in [0.4, 0.5) is 0 Å². The molecular formula is C15H20N2O2. The molecule has 19 heavy (non-hydrogen) atoms. The number of hydrogen-bond acceptors (Lipinski definition) is 4. The molecule has 0 amide bonds. The molecular weight excluding hydrogens is 240 g/mol. The van der Waals surface area contributed by atoms with Gasteiger partial charge in [-0.2, -0.15) is 5.26 Å². The Balaban J connectivity index is 2.12. The second kappa shape index (κ2) is 6.67. The molecule has 0 radical (unpaired) electrons. The third kappa shape index (κ3) is 3.32. The summed E-state index contributed by atoms with van der Waals surface area (Å²) in [4.78, 5) is 0. The van der Waals surface area contributed by atoms with Gasteiger partial charge in [-0.15, -0.1) is 0 Å². The molecule has 4 nitrogen and oxygen atoms in total. The second-order valence-corrected chi connectivity index (χ2v) is 4.71. The van der Waals surface area contributed by atoms with Crippen molar-refractivity contribution in [2.75, 3.05) is 26.4 Å². The first-order chi connectivity index (χ1) is 9.30. The maximum atomic E-state index is 9.61. The third-order valence-corrected chi connectivity index (χ3v) is 3.36. The van der Waals surface area contributed by atoms with Crippen LogP contribution in [-0.4, -0.2) is 32.5 Å². The topological polar surface area (TPSA) is 54.3 Å². The summed E-state index contributed by atoms with van der Waals surface area (Å²) in [7, 11) is 0. The van der Waals surface area contributed by atoms with Crippen LogP contribution in [0.5, 0.6) is 0 Å². The van der Waals surface area contributed by atoms with Crippen molar-refractivity contribution in [3.8, 4) is 6.07 Å². The average molecular weight is 260 g/mol. The Morgan fingerprint density at radius 2 is 2.26 bits per heavy atom. The summed E-state index contributed by atoms with van der Waals surface area (Å²) in [6, 6.07) is 12.1. The Bertz CT molecular complexity index is 424. The van der Waals surface area contributed by atoms with Crippen molar-refractivity contribution in [2.24, 2.45) is 0 Å². The van der Waals surface area contributed by atoms with E-state index in [2.05, 4.69) is 11.4 Å². The van der Waals surface area contributed by atoms with Crippen LogP contribution in [0.15, 0.2) is 30.3 Å². The van der Waals surface area contributed by atoms with E-state index < -0.39 is 5.54 Å². The molecule has 2 unspecified atom stereocenters. The summed E-state index contributed by atoms with van der Waals surface area (Å²) in [5.74, 6) is 0. The Morgan fingerprint density at radius 1 is 1.47 bits per heavy atom. The lowest BCUT2D eigenvalue weighted by Gasteiger charge is -2.29. The maximum absolute atomic E-state index is 9.61. The molecule has 1 aliphatic rings. The number of hydrogen-bond donors (Lipinski definition) is 1. The van der Waals surface area contributed by atoms with E-state index in [9.17, 15) is 5.26 Å². The van der Waals surface area contributed by atoms with E-state index in [0.29, 0.717) is 19.8 Å². The van der Waals surface area contributed by atoms with Gasteiger partial charge in [-0.3, -0.25) is 5.32 Å². The zero-order valence-electron chi connectivity index (χ0n) is 11.3. The molecule has 0 aromatic heterocycles. The van der Waals surface area contributed by atoms with Gasteiger partial charge in [0.25, 0.3) is 0 Å². The Labute approximate surface area is 114 Å². The van der Waals surface area contributed by atoms with Crippen LogP contribution in [0.1, 0.15) is 18.9 Å². The van der Waals surface area contributed by atoms with Crippen molar-refractivity contribution < 1.29 is 9.47 Å². The fourth-order valence-electron chi connectivity index (χ4n) is 2.28. The zero-order valence-corrected chi connectivity index (χ0v) is 11.3. The van der Waals surface area contributed by atoms with Crippen LogP contribution >= 0.6 is 0 Å². The van der Waals surface area contributed by atoms with Crippen LogP contribution < -0.4 is 5.32 Å². The van der Waals surface area contributed by atoms with E-state index in [0.717, 1.165) is 18.6 Å². The summed E-state index contributed by atoms with van der Waals surface area (Å²) >= 11 is 0. The summed E-state index contributed by atoms with van der Waals surface area (Å²) in [5.41, 5.74) is 0.164. The number of benzene rings is 1. The van der Waals surface area contributed by atoms with Crippen molar-refractivity contribution in [1.82, 2.24) is 5.32 Å². The van der Waals surface area contributed by atoms with Crippen LogP contribution in [0.3, 0.4) is 0 Å². The van der Waals surface area contributed by atoms with E-state index in [1.54, 1.807) is 0 Å². The summed E-state index contributed by atoms with van der Waals surface area (Å²) in [5, 5.41) is 12.9. The molecule has 1 N–H and O–H groups in total. The van der Waals surface area contributed by atoms with E-state index in [1.165, 1.54) is 0 Å². The van der Waals surface area contributed by atoms with Crippen molar-refractivity contribution in [1.29, 1.82) is 5.26 Å². The monoisotopic (exact) mass is 260 g/mol. The molecule has 1 aromatic carbocycles. The van der Waals surface area contributed by atoms with Gasteiger partial charge in [-0.25, -0.2) is 0 Å². The molecule has 102 valence electrons. The number of nitriles is 1. The number of rotatable bonds is 6. The number of nitrogens with one attached hydrogen (secondary N) is 1. The summed E-state index contributed by atoms with van der Waals surface area (Å²) in [6.45, 7) is 4.43. The largest absolute Gasteiger partial charge is 0.379 e. The fraction of sp³-hybridized carbons (Fsp3) is 0.533. The van der Waals surface area contributed by atoms with Gasteiger partial charge >= 0.3 is 0 Å². The Hall–Kier alpha value is -1.41. The lowest BCUT2D eigenvalue weighted by molar-refractivity contribution is 0.0162. The highest BCUT2D eigenvalue weighted by atomic mass is 16.5. The van der Waals surface area contributed by atoms with Gasteiger partial charge < -0.3 is 9.47 Å². The molecule has 0 bridgehead atoms. The molecule has 0 spiro atoms. The second-order valence-electron chi connectivity index (χ2n) is 4.71. The quantitative estimate of drug-likeness (QED) is 0.847. The molecule has 4 heteroatoms. The van der Waals surface area contributed by atoms with Gasteiger partial charge in [-0.05, 0) is 18.5 Å². The van der Waals surface area contributed by atoms with Gasteiger partial charge in [0.1, 0.15) is 0 Å². The Kier molecular flexibility index (Phi) is 4.92. The van der Waals surface area contributed by atoms with Crippen LogP contribution in [0, 0.1) is 11.3 Å². The number of ether oxygens (including phenoxy) is 2. The van der Waals surface area contributed by atoms with E-state index in [4.69, 9.17) is 9.47 Å². The van der Waals surface area contributed by atoms with Gasteiger partial charge in [-0.1, -0.05) is 37.3 Å². The smallest absolute Gasteiger partial charge is 0.155 e. The van der Waals surface area contributed by atoms with Crippen molar-refractivity contribution in [2.45, 2.75) is 25.0 Å². The number of nitrogens with zero attached hydrogens (tertiary/aromatic N) is 1. The maximum Gasteiger partial charge on any atom is 0.155 e. The summed E-state index contributed by atoms with van der Waals surface area (Å²) in [6.07, 6.45) is 1.01. The van der Waals surface area contributed by atoms with Gasteiger partial charge in [0, 0.05) is 6.61 Å². The fourth-order valence-corrected chi connectivity index (χ4v) is 2.28. The van der Waals surface area contributed by atoms with E-state index >= 15 is 0 Å². The molecule has 1 fully saturated rings. The predicted octanol–water partition coefficient (Wildman–Crippen LogP) is 1.82. The predicted molar refractivity (Wildman–Crippen MR) is 72.6 cm³/mol. The molecule has 2 atom stereocenters. The highest BCUT2D eigenvalue weighted by Crippen LogP contribution is 2.22. The minimum absolute atomic E-state index is 0.107. The minimum Gasteiger partial charge on any atom is -0.379 e. The van der Waals surface area contributed by atoms with Crippen molar-refractivity contribution in [3.63, 3.8) is 0 Å². The van der Waals surface area contributed by atoms with Gasteiger partial charge in [0.2, 0.25) is 0 Å². The highest BCUT2D eigenvalue weighted by molar-refractivity contribution is 5.31. The van der Waals surface area contributed by atoms with Crippen molar-refractivity contribution in [3.05, 3.63) is 35.9 Å². The average Bonchev–Trinajstić information content (AvgIpc) is 2.98. The zero-order chi connectivity index (χ0) is 13.6. The molecule has 1 aromatic rings. The molecule has 2 rings (SSSR count). The molecule has 0 saturated carbocycles. The minimum atomic E-state index is -0.779.